The zero-order valence-electron chi connectivity index (χ0n) is 19.0. The number of carbonyl (C=O) groups is 1. The second-order valence-electron chi connectivity index (χ2n) is 6.84. The Hall–Kier alpha value is -2.90. The highest BCUT2D eigenvalue weighted by molar-refractivity contribution is 8.18. The molecule has 33 heavy (non-hydrogen) atoms. The third-order valence-electron chi connectivity index (χ3n) is 4.55. The summed E-state index contributed by atoms with van der Waals surface area (Å²) in [7, 11) is 0. The van der Waals surface area contributed by atoms with Crippen LogP contribution >= 0.6 is 23.4 Å². The van der Waals surface area contributed by atoms with Crippen LogP contribution in [0.3, 0.4) is 0 Å². The highest BCUT2D eigenvalue weighted by Crippen LogP contribution is 2.39. The van der Waals surface area contributed by atoms with Crippen molar-refractivity contribution in [3.8, 4) is 17.2 Å². The first-order chi connectivity index (χ1) is 16.0. The summed E-state index contributed by atoms with van der Waals surface area (Å²) >= 11 is 7.78. The van der Waals surface area contributed by atoms with Crippen LogP contribution in [0, 0.1) is 0 Å². The molecule has 0 bridgehead atoms. The van der Waals surface area contributed by atoms with Gasteiger partial charge in [0.25, 0.3) is 5.91 Å². The molecule has 1 fully saturated rings. The van der Waals surface area contributed by atoms with E-state index >= 15 is 0 Å². The van der Waals surface area contributed by atoms with Crippen LogP contribution in [0.25, 0.3) is 6.08 Å². The zero-order chi connectivity index (χ0) is 23.8. The number of aliphatic imine (C=N–C) groups is 1. The van der Waals surface area contributed by atoms with E-state index in [2.05, 4.69) is 11.6 Å². The fraction of sp³-hybridized carbons (Fsp3) is 0.280. The highest BCUT2D eigenvalue weighted by atomic mass is 35.5. The Bertz CT molecular complexity index is 1070. The van der Waals surface area contributed by atoms with E-state index in [0.717, 1.165) is 17.0 Å². The molecule has 8 heteroatoms. The van der Waals surface area contributed by atoms with E-state index < -0.39 is 0 Å². The average molecular weight is 487 g/mol. The molecule has 0 N–H and O–H groups in total. The summed E-state index contributed by atoms with van der Waals surface area (Å²) in [4.78, 5) is 19.9. The second kappa shape index (κ2) is 11.8. The third-order valence-corrected chi connectivity index (χ3v) is 5.84. The molecule has 1 amide bonds. The van der Waals surface area contributed by atoms with Gasteiger partial charge in [0.05, 0.1) is 28.8 Å². The third kappa shape index (κ3) is 6.12. The number of rotatable bonds is 10. The van der Waals surface area contributed by atoms with Gasteiger partial charge in [-0.1, -0.05) is 24.3 Å². The topological polar surface area (TPSA) is 60.4 Å². The Kier molecular flexibility index (Phi) is 8.86. The lowest BCUT2D eigenvalue weighted by atomic mass is 10.1. The summed E-state index contributed by atoms with van der Waals surface area (Å²) in [5.74, 6) is 1.66. The van der Waals surface area contributed by atoms with Crippen LogP contribution in [0.15, 0.2) is 59.0 Å². The number of halogens is 1. The van der Waals surface area contributed by atoms with Crippen molar-refractivity contribution in [1.29, 1.82) is 0 Å². The van der Waals surface area contributed by atoms with Crippen LogP contribution in [0.2, 0.25) is 5.02 Å². The molecule has 174 valence electrons. The zero-order valence-corrected chi connectivity index (χ0v) is 20.5. The van der Waals surface area contributed by atoms with Gasteiger partial charge in [0.15, 0.2) is 16.7 Å². The molecule has 0 spiro atoms. The minimum absolute atomic E-state index is 0.103. The van der Waals surface area contributed by atoms with Crippen molar-refractivity contribution in [1.82, 2.24) is 4.90 Å². The molecular weight excluding hydrogens is 460 g/mol. The molecule has 0 aromatic heterocycles. The van der Waals surface area contributed by atoms with Gasteiger partial charge < -0.3 is 14.2 Å². The summed E-state index contributed by atoms with van der Waals surface area (Å²) in [5.41, 5.74) is 1.49. The Morgan fingerprint density at radius 2 is 1.82 bits per heavy atom. The Balaban J connectivity index is 1.90. The molecule has 1 aliphatic rings. The predicted molar refractivity (Wildman–Crippen MR) is 136 cm³/mol. The van der Waals surface area contributed by atoms with Gasteiger partial charge in [-0.15, -0.1) is 0 Å². The van der Waals surface area contributed by atoms with Crippen LogP contribution in [0.4, 0.5) is 5.69 Å². The number of thioether (sulfide) groups is 1. The summed E-state index contributed by atoms with van der Waals surface area (Å²) in [5, 5.41) is 1.03. The SMILES string of the molecule is C=CCOc1c(Cl)cc(/C=C2\SC(=Nc3ccc(OCC)cc3)N(CC)C2=O)cc1OCC. The van der Waals surface area contributed by atoms with Gasteiger partial charge in [0.2, 0.25) is 0 Å². The number of amidine groups is 1. The van der Waals surface area contributed by atoms with E-state index in [-0.39, 0.29) is 5.91 Å². The normalized spacial score (nSPS) is 15.9. The van der Waals surface area contributed by atoms with Gasteiger partial charge in [-0.3, -0.25) is 9.69 Å². The van der Waals surface area contributed by atoms with Crippen molar-refractivity contribution < 1.29 is 19.0 Å². The van der Waals surface area contributed by atoms with E-state index in [4.69, 9.17) is 25.8 Å². The van der Waals surface area contributed by atoms with Crippen molar-refractivity contribution >= 4 is 46.2 Å². The van der Waals surface area contributed by atoms with Crippen LogP contribution < -0.4 is 14.2 Å². The predicted octanol–water partition coefficient (Wildman–Crippen LogP) is 6.33. The standard InChI is InChI=1S/C25H27ClN2O4S/c1-5-13-32-23-20(26)14-17(15-21(23)31-8-4)16-22-24(29)28(6-2)25(33-22)27-18-9-11-19(12-10-18)30-7-3/h5,9-12,14-16H,1,6-8,13H2,2-4H3/b22-16-,27-25?. The average Bonchev–Trinajstić information content (AvgIpc) is 3.08. The Labute approximate surface area is 203 Å². The number of amides is 1. The second-order valence-corrected chi connectivity index (χ2v) is 8.26. The molecular formula is C25H27ClN2O4S. The monoisotopic (exact) mass is 486 g/mol. The van der Waals surface area contributed by atoms with Crippen molar-refractivity contribution in [2.75, 3.05) is 26.4 Å². The van der Waals surface area contributed by atoms with Crippen molar-refractivity contribution in [2.45, 2.75) is 20.8 Å². The molecule has 0 atom stereocenters. The maximum atomic E-state index is 13.0. The van der Waals surface area contributed by atoms with E-state index in [1.807, 2.05) is 51.1 Å². The smallest absolute Gasteiger partial charge is 0.266 e. The largest absolute Gasteiger partial charge is 0.494 e. The van der Waals surface area contributed by atoms with Crippen LogP contribution in [0.1, 0.15) is 26.3 Å². The van der Waals surface area contributed by atoms with Crippen molar-refractivity contribution in [2.24, 2.45) is 4.99 Å². The fourth-order valence-electron chi connectivity index (χ4n) is 3.13. The minimum Gasteiger partial charge on any atom is -0.494 e. The van der Waals surface area contributed by atoms with Gasteiger partial charge in [-0.2, -0.15) is 0 Å². The molecule has 1 heterocycles. The number of hydrogen-bond donors (Lipinski definition) is 0. The molecule has 0 aliphatic carbocycles. The first-order valence-corrected chi connectivity index (χ1v) is 11.9. The van der Waals surface area contributed by atoms with Crippen molar-refractivity contribution in [3.63, 3.8) is 0 Å². The van der Waals surface area contributed by atoms with Gasteiger partial charge in [-0.25, -0.2) is 4.99 Å². The lowest BCUT2D eigenvalue weighted by molar-refractivity contribution is -0.122. The van der Waals surface area contributed by atoms with E-state index in [1.165, 1.54) is 11.8 Å². The molecule has 2 aromatic rings. The van der Waals surface area contributed by atoms with E-state index in [0.29, 0.717) is 53.0 Å². The van der Waals surface area contributed by atoms with Gasteiger partial charge in [0, 0.05) is 6.54 Å². The van der Waals surface area contributed by atoms with Gasteiger partial charge in [0.1, 0.15) is 12.4 Å². The summed E-state index contributed by atoms with van der Waals surface area (Å²) in [6.45, 7) is 11.3. The quantitative estimate of drug-likeness (QED) is 0.290. The fourth-order valence-corrected chi connectivity index (χ4v) is 4.47. The summed E-state index contributed by atoms with van der Waals surface area (Å²) in [6, 6.07) is 11.0. The van der Waals surface area contributed by atoms with Crippen molar-refractivity contribution in [3.05, 3.63) is 64.5 Å². The number of carbonyl (C=O) groups excluding carboxylic acids is 1. The summed E-state index contributed by atoms with van der Waals surface area (Å²) < 4.78 is 16.8. The Morgan fingerprint density at radius 1 is 1.09 bits per heavy atom. The van der Waals surface area contributed by atoms with Gasteiger partial charge >= 0.3 is 0 Å². The molecule has 6 nitrogen and oxygen atoms in total. The maximum absolute atomic E-state index is 13.0. The highest BCUT2D eigenvalue weighted by Gasteiger charge is 2.32. The molecule has 0 saturated carbocycles. The number of hydrogen-bond acceptors (Lipinski definition) is 6. The first-order valence-electron chi connectivity index (χ1n) is 10.7. The van der Waals surface area contributed by atoms with Crippen LogP contribution in [-0.2, 0) is 4.79 Å². The lowest BCUT2D eigenvalue weighted by Crippen LogP contribution is -2.28. The molecule has 3 rings (SSSR count). The molecule has 0 radical (unpaired) electrons. The molecule has 2 aromatic carbocycles. The molecule has 1 saturated heterocycles. The number of benzene rings is 2. The number of likely N-dealkylation sites (N-methyl/N-ethyl adjacent to an activating group) is 1. The van der Waals surface area contributed by atoms with E-state index in [9.17, 15) is 4.79 Å². The molecule has 0 unspecified atom stereocenters. The first kappa shape index (κ1) is 24.7. The number of ether oxygens (including phenoxy) is 3. The van der Waals surface area contributed by atoms with Crippen LogP contribution in [-0.4, -0.2) is 42.3 Å². The molecule has 1 aliphatic heterocycles. The van der Waals surface area contributed by atoms with Gasteiger partial charge in [-0.05, 0) is 80.6 Å². The van der Waals surface area contributed by atoms with Crippen LogP contribution in [0.5, 0.6) is 17.2 Å². The number of nitrogens with zero attached hydrogens (tertiary/aromatic N) is 2. The maximum Gasteiger partial charge on any atom is 0.266 e. The van der Waals surface area contributed by atoms with E-state index in [1.54, 1.807) is 23.1 Å². The minimum atomic E-state index is -0.103. The lowest BCUT2D eigenvalue weighted by Gasteiger charge is -2.13. The Morgan fingerprint density at radius 3 is 2.45 bits per heavy atom. The summed E-state index contributed by atoms with van der Waals surface area (Å²) in [6.07, 6.45) is 3.43.